The van der Waals surface area contributed by atoms with E-state index in [0.29, 0.717) is 17.9 Å². The van der Waals surface area contributed by atoms with Gasteiger partial charge in [-0.25, -0.2) is 0 Å². The van der Waals surface area contributed by atoms with Crippen molar-refractivity contribution >= 4 is 29.0 Å². The Bertz CT molecular complexity index is 946. The topological polar surface area (TPSA) is 82.6 Å². The lowest BCUT2D eigenvalue weighted by Gasteiger charge is -2.15. The minimum absolute atomic E-state index is 0.186. The zero-order chi connectivity index (χ0) is 21.5. The summed E-state index contributed by atoms with van der Waals surface area (Å²) in [6.07, 6.45) is 7.77. The molecule has 1 heterocycles. The molecule has 0 radical (unpaired) electrons. The lowest BCUT2D eigenvalue weighted by atomic mass is 9.97. The molecule has 1 aliphatic heterocycles. The van der Waals surface area contributed by atoms with Crippen LogP contribution in [0.4, 0.5) is 11.4 Å². The van der Waals surface area contributed by atoms with Gasteiger partial charge in [0.25, 0.3) is 5.91 Å². The number of anilines is 2. The molecule has 6 heteroatoms. The molecule has 3 N–H and O–H groups in total. The Hall–Kier alpha value is -3.15. The predicted molar refractivity (Wildman–Crippen MR) is 124 cm³/mol. The average molecular weight is 419 g/mol. The highest BCUT2D eigenvalue weighted by atomic mass is 16.2. The van der Waals surface area contributed by atoms with E-state index in [1.807, 2.05) is 36.4 Å². The second kappa shape index (κ2) is 10.2. The maximum absolute atomic E-state index is 12.6. The third kappa shape index (κ3) is 5.94. The van der Waals surface area contributed by atoms with Crippen LogP contribution in [-0.4, -0.2) is 30.7 Å². The summed E-state index contributed by atoms with van der Waals surface area (Å²) in [6, 6.07) is 14.9. The third-order valence-electron chi connectivity index (χ3n) is 6.00. The Morgan fingerprint density at radius 1 is 0.968 bits per heavy atom. The van der Waals surface area contributed by atoms with E-state index in [2.05, 4.69) is 20.9 Å². The maximum Gasteiger partial charge on any atom is 0.257 e. The summed E-state index contributed by atoms with van der Waals surface area (Å²) in [4.78, 5) is 29.2. The van der Waals surface area contributed by atoms with Crippen LogP contribution < -0.4 is 16.0 Å². The van der Waals surface area contributed by atoms with E-state index in [9.17, 15) is 9.59 Å². The number of Topliss-reactive ketones (excluding diaryl/α,β-unsaturated/α-hetero) is 1. The van der Waals surface area contributed by atoms with Crippen molar-refractivity contribution in [2.24, 2.45) is 10.9 Å². The standard InChI is InChI=1S/C25H30N4O2/c30-23(14-9-18-5-1-2-6-18)20-7-3-8-22(17-20)28-21-12-10-19(11-13-21)24(31)29-25-26-15-4-16-27-25/h3,7-8,10-13,17-18,28H,1-2,4-6,9,14-16H2,(H2,26,27,29,31). The minimum atomic E-state index is -0.186. The van der Waals surface area contributed by atoms with E-state index in [0.717, 1.165) is 48.8 Å². The third-order valence-corrected chi connectivity index (χ3v) is 6.00. The molecule has 0 atom stereocenters. The average Bonchev–Trinajstić information content (AvgIpc) is 3.32. The Balaban J connectivity index is 1.33. The fourth-order valence-electron chi connectivity index (χ4n) is 4.22. The lowest BCUT2D eigenvalue weighted by Crippen LogP contribution is -2.43. The van der Waals surface area contributed by atoms with Crippen LogP contribution >= 0.6 is 0 Å². The van der Waals surface area contributed by atoms with Gasteiger partial charge in [0.2, 0.25) is 0 Å². The smallest absolute Gasteiger partial charge is 0.257 e. The first-order valence-electron chi connectivity index (χ1n) is 11.3. The van der Waals surface area contributed by atoms with Crippen LogP contribution in [0.2, 0.25) is 0 Å². The van der Waals surface area contributed by atoms with Crippen LogP contribution in [0.1, 0.15) is 65.7 Å². The van der Waals surface area contributed by atoms with Crippen LogP contribution in [0.25, 0.3) is 0 Å². The molecule has 4 rings (SSSR count). The molecule has 0 spiro atoms. The number of guanidine groups is 1. The van der Waals surface area contributed by atoms with Gasteiger partial charge < -0.3 is 10.6 Å². The summed E-state index contributed by atoms with van der Waals surface area (Å²) >= 11 is 0. The van der Waals surface area contributed by atoms with Gasteiger partial charge in [-0.05, 0) is 55.2 Å². The number of nitrogens with zero attached hydrogens (tertiary/aromatic N) is 1. The van der Waals surface area contributed by atoms with Crippen molar-refractivity contribution < 1.29 is 9.59 Å². The van der Waals surface area contributed by atoms with Gasteiger partial charge in [-0.15, -0.1) is 0 Å². The summed E-state index contributed by atoms with van der Waals surface area (Å²) in [5.74, 6) is 1.28. The first kappa shape index (κ1) is 21.1. The molecule has 1 amide bonds. The number of nitrogens with one attached hydrogen (secondary N) is 3. The molecule has 2 aliphatic rings. The molecule has 1 saturated carbocycles. The number of amides is 1. The molecule has 31 heavy (non-hydrogen) atoms. The van der Waals surface area contributed by atoms with Crippen LogP contribution in [0.15, 0.2) is 53.5 Å². The predicted octanol–water partition coefficient (Wildman–Crippen LogP) is 4.66. The monoisotopic (exact) mass is 418 g/mol. The van der Waals surface area contributed by atoms with E-state index >= 15 is 0 Å². The molecule has 0 unspecified atom stereocenters. The van der Waals surface area contributed by atoms with Gasteiger partial charge in [0.15, 0.2) is 11.7 Å². The van der Waals surface area contributed by atoms with Crippen LogP contribution in [0.5, 0.6) is 0 Å². The van der Waals surface area contributed by atoms with Crippen LogP contribution in [-0.2, 0) is 0 Å². The Labute approximate surface area is 183 Å². The van der Waals surface area contributed by atoms with E-state index in [1.165, 1.54) is 25.7 Å². The summed E-state index contributed by atoms with van der Waals surface area (Å²) in [5.41, 5.74) is 3.04. The fourth-order valence-corrected chi connectivity index (χ4v) is 4.22. The van der Waals surface area contributed by atoms with Crippen molar-refractivity contribution in [2.45, 2.75) is 44.9 Å². The highest BCUT2D eigenvalue weighted by Crippen LogP contribution is 2.29. The van der Waals surface area contributed by atoms with Crippen LogP contribution in [0, 0.1) is 5.92 Å². The lowest BCUT2D eigenvalue weighted by molar-refractivity contribution is 0.0966. The molecule has 2 aromatic carbocycles. The fraction of sp³-hybridized carbons (Fsp3) is 0.400. The molecule has 0 bridgehead atoms. The number of hydrogen-bond acceptors (Lipinski definition) is 5. The number of ketones is 1. The van der Waals surface area contributed by atoms with Crippen LogP contribution in [0.3, 0.4) is 0 Å². The molecular weight excluding hydrogens is 388 g/mol. The number of carbonyl (C=O) groups excluding carboxylic acids is 2. The van der Waals surface area contributed by atoms with Crippen molar-refractivity contribution in [1.29, 1.82) is 0 Å². The van der Waals surface area contributed by atoms with E-state index in [4.69, 9.17) is 0 Å². The molecule has 0 aromatic heterocycles. The second-order valence-corrected chi connectivity index (χ2v) is 8.36. The van der Waals surface area contributed by atoms with Gasteiger partial charge in [-0.1, -0.05) is 37.8 Å². The normalized spacial score (nSPS) is 16.3. The zero-order valence-electron chi connectivity index (χ0n) is 17.8. The minimum Gasteiger partial charge on any atom is -0.356 e. The van der Waals surface area contributed by atoms with E-state index in [-0.39, 0.29) is 11.7 Å². The number of rotatable bonds is 7. The molecule has 1 fully saturated rings. The van der Waals surface area contributed by atoms with E-state index in [1.54, 1.807) is 12.1 Å². The van der Waals surface area contributed by atoms with Gasteiger partial charge >= 0.3 is 0 Å². The van der Waals surface area contributed by atoms with Gasteiger partial charge in [0, 0.05) is 42.0 Å². The van der Waals surface area contributed by atoms with Crippen molar-refractivity contribution in [1.82, 2.24) is 10.6 Å². The number of carbonyl (C=O) groups is 2. The molecule has 1 aliphatic carbocycles. The molecule has 2 aromatic rings. The summed E-state index contributed by atoms with van der Waals surface area (Å²) in [6.45, 7) is 1.55. The largest absolute Gasteiger partial charge is 0.356 e. The van der Waals surface area contributed by atoms with Crippen molar-refractivity contribution in [3.8, 4) is 0 Å². The number of aliphatic imine (C=N–C) groups is 1. The summed E-state index contributed by atoms with van der Waals surface area (Å²) in [5, 5.41) is 9.20. The highest BCUT2D eigenvalue weighted by Gasteiger charge is 2.17. The molecule has 0 saturated heterocycles. The summed E-state index contributed by atoms with van der Waals surface area (Å²) in [7, 11) is 0. The highest BCUT2D eigenvalue weighted by molar-refractivity contribution is 6.06. The van der Waals surface area contributed by atoms with Crippen molar-refractivity contribution in [2.75, 3.05) is 18.4 Å². The Morgan fingerprint density at radius 3 is 2.52 bits per heavy atom. The number of benzene rings is 2. The Kier molecular flexibility index (Phi) is 6.97. The van der Waals surface area contributed by atoms with Gasteiger partial charge in [0.05, 0.1) is 0 Å². The first-order chi connectivity index (χ1) is 15.2. The molecular formula is C25H30N4O2. The van der Waals surface area contributed by atoms with E-state index < -0.39 is 0 Å². The molecule has 6 nitrogen and oxygen atoms in total. The van der Waals surface area contributed by atoms with Gasteiger partial charge in [-0.2, -0.15) is 0 Å². The second-order valence-electron chi connectivity index (χ2n) is 8.36. The zero-order valence-corrected chi connectivity index (χ0v) is 17.8. The maximum atomic E-state index is 12.6. The van der Waals surface area contributed by atoms with Gasteiger partial charge in [-0.3, -0.25) is 19.9 Å². The molecule has 162 valence electrons. The Morgan fingerprint density at radius 2 is 1.77 bits per heavy atom. The SMILES string of the molecule is O=C(CCC1CCCC1)c1cccc(Nc2ccc(C(=O)NC3=NCCCN3)cc2)c1. The van der Waals surface area contributed by atoms with Crippen molar-refractivity contribution in [3.63, 3.8) is 0 Å². The van der Waals surface area contributed by atoms with Crippen molar-refractivity contribution in [3.05, 3.63) is 59.7 Å². The first-order valence-corrected chi connectivity index (χ1v) is 11.3. The number of hydrogen-bond donors (Lipinski definition) is 3. The summed E-state index contributed by atoms with van der Waals surface area (Å²) < 4.78 is 0. The quantitative estimate of drug-likeness (QED) is 0.571. The van der Waals surface area contributed by atoms with Gasteiger partial charge in [0.1, 0.15) is 0 Å².